The molecule has 9 heteroatoms. The summed E-state index contributed by atoms with van der Waals surface area (Å²) < 4.78 is 52.1. The van der Waals surface area contributed by atoms with Crippen molar-refractivity contribution in [2.45, 2.75) is 13.1 Å². The van der Waals surface area contributed by atoms with Crippen LogP contribution in [0.15, 0.2) is 30.3 Å². The van der Waals surface area contributed by atoms with Gasteiger partial charge in [-0.3, -0.25) is 4.79 Å². The number of alkyl halides is 3. The van der Waals surface area contributed by atoms with Crippen molar-refractivity contribution in [3.8, 4) is 5.69 Å². The molecule has 132 valence electrons. The van der Waals surface area contributed by atoms with E-state index in [0.717, 1.165) is 18.4 Å². The van der Waals surface area contributed by atoms with Gasteiger partial charge in [0.1, 0.15) is 17.2 Å². The third-order valence-electron chi connectivity index (χ3n) is 3.59. The van der Waals surface area contributed by atoms with Gasteiger partial charge in [-0.25, -0.2) is 9.07 Å². The zero-order chi connectivity index (χ0) is 18.4. The Morgan fingerprint density at radius 1 is 1.28 bits per heavy atom. The molecule has 0 radical (unpaired) electrons. The highest BCUT2D eigenvalue weighted by Crippen LogP contribution is 2.31. The lowest BCUT2D eigenvalue weighted by atomic mass is 10.3. The fourth-order valence-electron chi connectivity index (χ4n) is 2.44. The number of thiophene rings is 1. The van der Waals surface area contributed by atoms with E-state index in [1.807, 2.05) is 0 Å². The van der Waals surface area contributed by atoms with Gasteiger partial charge in [-0.2, -0.15) is 18.3 Å². The molecule has 0 unspecified atom stereocenters. The summed E-state index contributed by atoms with van der Waals surface area (Å²) in [7, 11) is 1.11. The minimum atomic E-state index is -4.46. The van der Waals surface area contributed by atoms with Crippen molar-refractivity contribution in [1.82, 2.24) is 14.7 Å². The average Bonchev–Trinajstić information content (AvgIpc) is 3.07. The molecule has 2 heterocycles. The number of fused-ring (bicyclic) bond motifs is 1. The molecule has 0 spiro atoms. The predicted octanol–water partition coefficient (Wildman–Crippen LogP) is 4.17. The second kappa shape index (κ2) is 6.14. The van der Waals surface area contributed by atoms with Crippen LogP contribution in [0.4, 0.5) is 17.6 Å². The maximum Gasteiger partial charge on any atom is 0.406 e. The van der Waals surface area contributed by atoms with Crippen LogP contribution in [0.25, 0.3) is 15.9 Å². The van der Waals surface area contributed by atoms with E-state index in [4.69, 9.17) is 0 Å². The highest BCUT2D eigenvalue weighted by atomic mass is 32.1. The van der Waals surface area contributed by atoms with Gasteiger partial charge in [-0.15, -0.1) is 11.3 Å². The smallest absolute Gasteiger partial charge is 0.332 e. The van der Waals surface area contributed by atoms with E-state index < -0.39 is 18.6 Å². The number of carbonyl (C=O) groups is 1. The molecule has 0 aliphatic carbocycles. The van der Waals surface area contributed by atoms with E-state index in [1.165, 1.54) is 30.3 Å². The molecule has 0 aliphatic rings. The molecule has 0 atom stereocenters. The quantitative estimate of drug-likeness (QED) is 0.648. The number of amides is 1. The number of benzene rings is 1. The van der Waals surface area contributed by atoms with Crippen LogP contribution in [-0.2, 0) is 0 Å². The minimum Gasteiger partial charge on any atom is -0.332 e. The van der Waals surface area contributed by atoms with Crippen molar-refractivity contribution in [3.63, 3.8) is 0 Å². The Morgan fingerprint density at radius 2 is 1.92 bits per heavy atom. The summed E-state index contributed by atoms with van der Waals surface area (Å²) in [6, 6.07) is 7.19. The highest BCUT2D eigenvalue weighted by molar-refractivity contribution is 7.20. The summed E-state index contributed by atoms with van der Waals surface area (Å²) in [5, 5.41) is 5.03. The minimum absolute atomic E-state index is 0.193. The van der Waals surface area contributed by atoms with Gasteiger partial charge in [-0.1, -0.05) is 0 Å². The number of aromatic nitrogens is 2. The number of aryl methyl sites for hydroxylation is 1. The van der Waals surface area contributed by atoms with Gasteiger partial charge in [0, 0.05) is 12.4 Å². The number of rotatable bonds is 3. The first-order valence-electron chi connectivity index (χ1n) is 7.23. The number of hydrogen-bond acceptors (Lipinski definition) is 3. The summed E-state index contributed by atoms with van der Waals surface area (Å²) in [6.45, 7) is 0.423. The van der Waals surface area contributed by atoms with Gasteiger partial charge in [0.2, 0.25) is 0 Å². The first-order valence-corrected chi connectivity index (χ1v) is 8.04. The van der Waals surface area contributed by atoms with Crippen molar-refractivity contribution in [1.29, 1.82) is 0 Å². The third-order valence-corrected chi connectivity index (χ3v) is 4.69. The summed E-state index contributed by atoms with van der Waals surface area (Å²) in [5.41, 5.74) is 1.23. The fourth-order valence-corrected chi connectivity index (χ4v) is 3.62. The lowest BCUT2D eigenvalue weighted by Gasteiger charge is -2.17. The van der Waals surface area contributed by atoms with Gasteiger partial charge in [0.25, 0.3) is 5.91 Å². The molecule has 0 saturated heterocycles. The molecular formula is C16H13F4N3OS. The molecule has 0 fully saturated rings. The van der Waals surface area contributed by atoms with Crippen LogP contribution in [0.5, 0.6) is 0 Å². The van der Waals surface area contributed by atoms with Crippen LogP contribution >= 0.6 is 11.3 Å². The molecule has 1 aromatic carbocycles. The molecule has 3 aromatic rings. The van der Waals surface area contributed by atoms with E-state index in [9.17, 15) is 22.4 Å². The summed E-state index contributed by atoms with van der Waals surface area (Å²) in [5.74, 6) is -1.09. The number of carbonyl (C=O) groups excluding carboxylic acids is 1. The van der Waals surface area contributed by atoms with Crippen LogP contribution < -0.4 is 0 Å². The molecule has 0 aliphatic heterocycles. The topological polar surface area (TPSA) is 38.1 Å². The highest BCUT2D eigenvalue weighted by Gasteiger charge is 2.32. The van der Waals surface area contributed by atoms with E-state index in [-0.39, 0.29) is 10.7 Å². The zero-order valence-electron chi connectivity index (χ0n) is 13.3. The Morgan fingerprint density at radius 3 is 2.52 bits per heavy atom. The molecule has 2 aromatic heterocycles. The van der Waals surface area contributed by atoms with Crippen molar-refractivity contribution < 1.29 is 22.4 Å². The zero-order valence-corrected chi connectivity index (χ0v) is 14.1. The largest absolute Gasteiger partial charge is 0.406 e. The maximum atomic E-state index is 13.1. The van der Waals surface area contributed by atoms with Gasteiger partial charge < -0.3 is 4.90 Å². The van der Waals surface area contributed by atoms with E-state index in [0.29, 0.717) is 26.5 Å². The van der Waals surface area contributed by atoms with Crippen LogP contribution in [0, 0.1) is 12.7 Å². The Bertz CT molecular complexity index is 927. The Hall–Kier alpha value is -2.42. The first kappa shape index (κ1) is 17.4. The second-order valence-electron chi connectivity index (χ2n) is 5.58. The number of hydrogen-bond donors (Lipinski definition) is 0. The molecule has 0 N–H and O–H groups in total. The van der Waals surface area contributed by atoms with Gasteiger partial charge in [0.15, 0.2) is 0 Å². The maximum absolute atomic E-state index is 13.1. The van der Waals surface area contributed by atoms with Crippen molar-refractivity contribution in [2.24, 2.45) is 0 Å². The standard InChI is InChI=1S/C16H13F4N3OS/c1-9-12-7-13(14(24)22(2)8-16(18,19)20)25-15(12)23(21-9)11-5-3-10(17)4-6-11/h3-7H,8H2,1-2H3. The van der Waals surface area contributed by atoms with Crippen molar-refractivity contribution in [2.75, 3.05) is 13.6 Å². The Kier molecular flexibility index (Phi) is 4.28. The van der Waals surface area contributed by atoms with Crippen molar-refractivity contribution in [3.05, 3.63) is 46.7 Å². The average molecular weight is 371 g/mol. The lowest BCUT2D eigenvalue weighted by molar-refractivity contribution is -0.138. The van der Waals surface area contributed by atoms with Gasteiger partial charge in [-0.05, 0) is 37.3 Å². The molecule has 0 saturated carbocycles. The monoisotopic (exact) mass is 371 g/mol. The number of nitrogens with zero attached hydrogens (tertiary/aromatic N) is 3. The molecule has 1 amide bonds. The summed E-state index contributed by atoms with van der Waals surface area (Å²) in [4.78, 5) is 13.7. The third kappa shape index (κ3) is 3.51. The lowest BCUT2D eigenvalue weighted by Crippen LogP contribution is -2.35. The van der Waals surface area contributed by atoms with E-state index >= 15 is 0 Å². The molecule has 3 rings (SSSR count). The molecule has 4 nitrogen and oxygen atoms in total. The summed E-state index contributed by atoms with van der Waals surface area (Å²) in [6.07, 6.45) is -4.46. The van der Waals surface area contributed by atoms with E-state index in [1.54, 1.807) is 11.6 Å². The first-order chi connectivity index (χ1) is 11.7. The van der Waals surface area contributed by atoms with Crippen LogP contribution in [0.2, 0.25) is 0 Å². The number of halogens is 4. The van der Waals surface area contributed by atoms with Crippen LogP contribution in [0.3, 0.4) is 0 Å². The fraction of sp³-hybridized carbons (Fsp3) is 0.250. The van der Waals surface area contributed by atoms with E-state index in [2.05, 4.69) is 5.10 Å². The van der Waals surface area contributed by atoms with Crippen LogP contribution in [-0.4, -0.2) is 40.4 Å². The summed E-state index contributed by atoms with van der Waals surface area (Å²) >= 11 is 1.05. The van der Waals surface area contributed by atoms with Gasteiger partial charge >= 0.3 is 6.18 Å². The second-order valence-corrected chi connectivity index (χ2v) is 6.61. The Labute approximate surface area is 144 Å². The normalized spacial score (nSPS) is 11.9. The van der Waals surface area contributed by atoms with Gasteiger partial charge in [0.05, 0.1) is 16.3 Å². The molecular weight excluding hydrogens is 358 g/mol. The molecule has 25 heavy (non-hydrogen) atoms. The molecule has 0 bridgehead atoms. The SMILES string of the molecule is Cc1nn(-c2ccc(F)cc2)c2sc(C(=O)N(C)CC(F)(F)F)cc12. The predicted molar refractivity (Wildman–Crippen MR) is 86.7 cm³/mol. The Balaban J connectivity index is 1.99. The van der Waals surface area contributed by atoms with Crippen molar-refractivity contribution >= 4 is 27.5 Å². The van der Waals surface area contributed by atoms with Crippen LogP contribution in [0.1, 0.15) is 15.4 Å².